The van der Waals surface area contributed by atoms with Gasteiger partial charge in [0.25, 0.3) is 0 Å². The Balaban J connectivity index is 2.53. The number of amides is 2. The molecule has 0 aliphatic heterocycles. The maximum atomic E-state index is 11.9. The predicted molar refractivity (Wildman–Crippen MR) is 84.8 cm³/mol. The van der Waals surface area contributed by atoms with Crippen LogP contribution in [0.3, 0.4) is 0 Å². The lowest BCUT2D eigenvalue weighted by Crippen LogP contribution is -2.46. The van der Waals surface area contributed by atoms with Gasteiger partial charge in [0.15, 0.2) is 0 Å². The third-order valence-corrected chi connectivity index (χ3v) is 3.21. The molecule has 0 aliphatic carbocycles. The van der Waals surface area contributed by atoms with Gasteiger partial charge in [-0.25, -0.2) is 4.79 Å². The summed E-state index contributed by atoms with van der Waals surface area (Å²) in [6.07, 6.45) is 1.62. The molecule has 5 heteroatoms. The summed E-state index contributed by atoms with van der Waals surface area (Å²) in [6.45, 7) is 7.86. The van der Waals surface area contributed by atoms with Crippen molar-refractivity contribution in [1.82, 2.24) is 5.32 Å². The number of aliphatic hydroxyl groups excluding tert-OH is 1. The maximum absolute atomic E-state index is 11.9. The SMILES string of the molecule is CCC(C)Oc1ccc(NC(=O)NC(C)(C)CCO)cc1. The summed E-state index contributed by atoms with van der Waals surface area (Å²) >= 11 is 0. The number of hydrogen-bond donors (Lipinski definition) is 3. The number of ether oxygens (including phenoxy) is 1. The second kappa shape index (κ2) is 7.88. The van der Waals surface area contributed by atoms with Crippen LogP contribution in [0.1, 0.15) is 40.5 Å². The van der Waals surface area contributed by atoms with Gasteiger partial charge in [0.05, 0.1) is 6.10 Å². The second-order valence-electron chi connectivity index (χ2n) is 5.80. The molecule has 21 heavy (non-hydrogen) atoms. The lowest BCUT2D eigenvalue weighted by Gasteiger charge is -2.25. The van der Waals surface area contributed by atoms with Gasteiger partial charge in [-0.1, -0.05) is 6.92 Å². The fourth-order valence-electron chi connectivity index (χ4n) is 1.74. The van der Waals surface area contributed by atoms with Gasteiger partial charge in [-0.15, -0.1) is 0 Å². The summed E-state index contributed by atoms with van der Waals surface area (Å²) in [6, 6.07) is 6.98. The van der Waals surface area contributed by atoms with E-state index in [9.17, 15) is 4.79 Å². The second-order valence-corrected chi connectivity index (χ2v) is 5.80. The van der Waals surface area contributed by atoms with Crippen LogP contribution in [-0.4, -0.2) is 29.4 Å². The van der Waals surface area contributed by atoms with Crippen molar-refractivity contribution in [3.63, 3.8) is 0 Å². The molecule has 0 saturated carbocycles. The van der Waals surface area contributed by atoms with Crippen LogP contribution >= 0.6 is 0 Å². The molecular formula is C16H26N2O3. The topological polar surface area (TPSA) is 70.6 Å². The molecule has 0 aromatic heterocycles. The lowest BCUT2D eigenvalue weighted by atomic mass is 10.0. The van der Waals surface area contributed by atoms with Gasteiger partial charge in [0.1, 0.15) is 5.75 Å². The fourth-order valence-corrected chi connectivity index (χ4v) is 1.74. The normalized spacial score (nSPS) is 12.6. The molecular weight excluding hydrogens is 268 g/mol. The zero-order valence-electron chi connectivity index (χ0n) is 13.3. The number of urea groups is 1. The molecule has 1 rings (SSSR count). The monoisotopic (exact) mass is 294 g/mol. The summed E-state index contributed by atoms with van der Waals surface area (Å²) in [5.41, 5.74) is 0.252. The van der Waals surface area contributed by atoms with Crippen molar-refractivity contribution >= 4 is 11.7 Å². The van der Waals surface area contributed by atoms with Crippen molar-refractivity contribution in [2.75, 3.05) is 11.9 Å². The number of rotatable bonds is 7. The average Bonchev–Trinajstić information content (AvgIpc) is 2.40. The Morgan fingerprint density at radius 2 is 1.95 bits per heavy atom. The van der Waals surface area contributed by atoms with Crippen LogP contribution < -0.4 is 15.4 Å². The zero-order valence-corrected chi connectivity index (χ0v) is 13.3. The summed E-state index contributed by atoms with van der Waals surface area (Å²) in [5.74, 6) is 0.788. The number of carbonyl (C=O) groups excluding carboxylic acids is 1. The van der Waals surface area contributed by atoms with Gasteiger partial charge in [-0.05, 0) is 57.9 Å². The predicted octanol–water partition coefficient (Wildman–Crippen LogP) is 3.15. The van der Waals surface area contributed by atoms with Crippen molar-refractivity contribution in [3.8, 4) is 5.75 Å². The van der Waals surface area contributed by atoms with Gasteiger partial charge in [-0.3, -0.25) is 0 Å². The van der Waals surface area contributed by atoms with E-state index in [0.717, 1.165) is 12.2 Å². The molecule has 0 aliphatic rings. The molecule has 0 heterocycles. The molecule has 0 fully saturated rings. The minimum Gasteiger partial charge on any atom is -0.491 e. The zero-order chi connectivity index (χ0) is 15.9. The molecule has 5 nitrogen and oxygen atoms in total. The molecule has 0 bridgehead atoms. The molecule has 1 atom stereocenters. The number of hydrogen-bond acceptors (Lipinski definition) is 3. The van der Waals surface area contributed by atoms with Crippen molar-refractivity contribution in [3.05, 3.63) is 24.3 Å². The van der Waals surface area contributed by atoms with Crippen LogP contribution in [0, 0.1) is 0 Å². The standard InChI is InChI=1S/C16H26N2O3/c1-5-12(2)21-14-8-6-13(7-9-14)17-15(20)18-16(3,4)10-11-19/h6-9,12,19H,5,10-11H2,1-4H3,(H2,17,18,20). The number of nitrogens with one attached hydrogen (secondary N) is 2. The average molecular weight is 294 g/mol. The lowest BCUT2D eigenvalue weighted by molar-refractivity contribution is 0.217. The van der Waals surface area contributed by atoms with Crippen LogP contribution in [0.15, 0.2) is 24.3 Å². The third kappa shape index (κ3) is 6.49. The van der Waals surface area contributed by atoms with E-state index in [4.69, 9.17) is 9.84 Å². The molecule has 1 aromatic rings. The van der Waals surface area contributed by atoms with Gasteiger partial charge < -0.3 is 20.5 Å². The Morgan fingerprint density at radius 3 is 2.48 bits per heavy atom. The van der Waals surface area contributed by atoms with Crippen LogP contribution in [-0.2, 0) is 0 Å². The van der Waals surface area contributed by atoms with E-state index < -0.39 is 5.54 Å². The third-order valence-electron chi connectivity index (χ3n) is 3.21. The molecule has 0 saturated heterocycles. The van der Waals surface area contributed by atoms with Crippen LogP contribution in [0.5, 0.6) is 5.75 Å². The van der Waals surface area contributed by atoms with Gasteiger partial charge in [0, 0.05) is 17.8 Å². The molecule has 1 aromatic carbocycles. The van der Waals surface area contributed by atoms with Gasteiger partial charge in [0.2, 0.25) is 0 Å². The first-order chi connectivity index (χ1) is 9.86. The Kier molecular flexibility index (Phi) is 6.49. The van der Waals surface area contributed by atoms with Crippen molar-refractivity contribution in [2.45, 2.75) is 52.2 Å². The Hall–Kier alpha value is -1.75. The van der Waals surface area contributed by atoms with Crippen LogP contribution in [0.2, 0.25) is 0 Å². The molecule has 2 amide bonds. The first-order valence-electron chi connectivity index (χ1n) is 7.33. The first-order valence-corrected chi connectivity index (χ1v) is 7.33. The van der Waals surface area contributed by atoms with Crippen molar-refractivity contribution in [2.24, 2.45) is 0 Å². The Bertz CT molecular complexity index is 443. The van der Waals surface area contributed by atoms with E-state index >= 15 is 0 Å². The largest absolute Gasteiger partial charge is 0.491 e. The molecule has 0 radical (unpaired) electrons. The first kappa shape index (κ1) is 17.3. The minimum absolute atomic E-state index is 0.0366. The highest BCUT2D eigenvalue weighted by Gasteiger charge is 2.19. The highest BCUT2D eigenvalue weighted by Crippen LogP contribution is 2.18. The fraction of sp³-hybridized carbons (Fsp3) is 0.562. The molecule has 1 unspecified atom stereocenters. The van der Waals surface area contributed by atoms with E-state index in [2.05, 4.69) is 17.6 Å². The Labute approximate surface area is 126 Å². The smallest absolute Gasteiger partial charge is 0.319 e. The quantitative estimate of drug-likeness (QED) is 0.723. The number of aliphatic hydroxyl groups is 1. The van der Waals surface area contributed by atoms with E-state index in [1.807, 2.05) is 32.9 Å². The molecule has 0 spiro atoms. The highest BCUT2D eigenvalue weighted by atomic mass is 16.5. The Morgan fingerprint density at radius 1 is 1.33 bits per heavy atom. The van der Waals surface area contributed by atoms with E-state index in [1.165, 1.54) is 0 Å². The number of benzene rings is 1. The number of carbonyl (C=O) groups is 1. The molecule has 3 N–H and O–H groups in total. The summed E-state index contributed by atoms with van der Waals surface area (Å²) in [7, 11) is 0. The van der Waals surface area contributed by atoms with Crippen molar-refractivity contribution < 1.29 is 14.6 Å². The summed E-state index contributed by atoms with van der Waals surface area (Å²) in [5, 5.41) is 14.5. The molecule has 118 valence electrons. The van der Waals surface area contributed by atoms with E-state index in [1.54, 1.807) is 12.1 Å². The highest BCUT2D eigenvalue weighted by molar-refractivity contribution is 5.89. The summed E-state index contributed by atoms with van der Waals surface area (Å²) in [4.78, 5) is 11.9. The van der Waals surface area contributed by atoms with E-state index in [0.29, 0.717) is 12.1 Å². The van der Waals surface area contributed by atoms with Crippen LogP contribution in [0.4, 0.5) is 10.5 Å². The van der Waals surface area contributed by atoms with Gasteiger partial charge in [-0.2, -0.15) is 0 Å². The van der Waals surface area contributed by atoms with Crippen LogP contribution in [0.25, 0.3) is 0 Å². The van der Waals surface area contributed by atoms with E-state index in [-0.39, 0.29) is 18.7 Å². The van der Waals surface area contributed by atoms with Gasteiger partial charge >= 0.3 is 6.03 Å². The maximum Gasteiger partial charge on any atom is 0.319 e. The number of anilines is 1. The minimum atomic E-state index is -0.446. The van der Waals surface area contributed by atoms with Crippen molar-refractivity contribution in [1.29, 1.82) is 0 Å². The summed E-state index contributed by atoms with van der Waals surface area (Å²) < 4.78 is 5.68.